The Bertz CT molecular complexity index is 853. The van der Waals surface area contributed by atoms with E-state index in [-0.39, 0.29) is 23.5 Å². The van der Waals surface area contributed by atoms with Crippen molar-refractivity contribution in [1.82, 2.24) is 10.2 Å². The van der Waals surface area contributed by atoms with Gasteiger partial charge in [-0.25, -0.2) is 4.39 Å². The molecule has 1 unspecified atom stereocenters. The number of halogens is 1. The van der Waals surface area contributed by atoms with Gasteiger partial charge in [-0.1, -0.05) is 0 Å². The molecular weight excluding hydrogens is 311 g/mol. The van der Waals surface area contributed by atoms with Gasteiger partial charge in [0.05, 0.1) is 12.3 Å². The Hall–Kier alpha value is -2.60. The molecule has 126 valence electrons. The van der Waals surface area contributed by atoms with Gasteiger partial charge in [-0.15, -0.1) is 0 Å². The van der Waals surface area contributed by atoms with Gasteiger partial charge in [0.2, 0.25) is 0 Å². The summed E-state index contributed by atoms with van der Waals surface area (Å²) in [5, 5.41) is 3.46. The molecule has 0 spiro atoms. The summed E-state index contributed by atoms with van der Waals surface area (Å²) in [6.07, 6.45) is 1.60. The number of nitrogens with one attached hydrogen (secondary N) is 1. The zero-order valence-electron chi connectivity index (χ0n) is 13.8. The zero-order valence-corrected chi connectivity index (χ0v) is 13.8. The van der Waals surface area contributed by atoms with Gasteiger partial charge in [0, 0.05) is 17.5 Å². The summed E-state index contributed by atoms with van der Waals surface area (Å²) in [5.41, 5.74) is 1.12. The number of carbonyl (C=O) groups is 1. The van der Waals surface area contributed by atoms with Crippen LogP contribution in [0.4, 0.5) is 4.39 Å². The summed E-state index contributed by atoms with van der Waals surface area (Å²) < 4.78 is 24.4. The van der Waals surface area contributed by atoms with E-state index in [1.807, 2.05) is 31.1 Å². The predicted octanol–water partition coefficient (Wildman–Crippen LogP) is 3.51. The van der Waals surface area contributed by atoms with E-state index >= 15 is 0 Å². The average molecular weight is 330 g/mol. The van der Waals surface area contributed by atoms with Crippen molar-refractivity contribution in [2.75, 3.05) is 20.6 Å². The molecule has 0 aliphatic heterocycles. The number of fused-ring (bicyclic) bond motifs is 1. The molecule has 0 fully saturated rings. The largest absolute Gasteiger partial charge is 0.468 e. The first-order valence-corrected chi connectivity index (χ1v) is 7.64. The van der Waals surface area contributed by atoms with E-state index in [4.69, 9.17) is 8.83 Å². The van der Waals surface area contributed by atoms with Crippen LogP contribution in [0.25, 0.3) is 11.0 Å². The normalized spacial score (nSPS) is 12.7. The summed E-state index contributed by atoms with van der Waals surface area (Å²) in [6, 6.07) is 7.80. The second-order valence-corrected chi connectivity index (χ2v) is 5.90. The van der Waals surface area contributed by atoms with Crippen LogP contribution >= 0.6 is 0 Å². The molecule has 5 nitrogen and oxygen atoms in total. The Labute approximate surface area is 139 Å². The van der Waals surface area contributed by atoms with Crippen LogP contribution in [0, 0.1) is 12.7 Å². The highest BCUT2D eigenvalue weighted by molar-refractivity contribution is 5.98. The lowest BCUT2D eigenvalue weighted by Crippen LogP contribution is -2.34. The van der Waals surface area contributed by atoms with E-state index in [9.17, 15) is 9.18 Å². The highest BCUT2D eigenvalue weighted by Crippen LogP contribution is 2.26. The highest BCUT2D eigenvalue weighted by atomic mass is 19.1. The number of hydrogen-bond acceptors (Lipinski definition) is 4. The van der Waals surface area contributed by atoms with Crippen molar-refractivity contribution in [3.63, 3.8) is 0 Å². The van der Waals surface area contributed by atoms with E-state index < -0.39 is 0 Å². The molecular formula is C18H19FN2O3. The number of aryl methyl sites for hydroxylation is 1. The van der Waals surface area contributed by atoms with E-state index in [0.717, 1.165) is 5.76 Å². The van der Waals surface area contributed by atoms with Gasteiger partial charge >= 0.3 is 0 Å². The standard InChI is InChI=1S/C18H19FN2O3/c1-11-13-9-12(19)6-7-15(13)24-17(11)18(22)20-10-14(21(2)3)16-5-4-8-23-16/h4-9,14H,10H2,1-3H3,(H,20,22). The maximum atomic E-state index is 13.4. The Morgan fingerprint density at radius 2 is 2.12 bits per heavy atom. The molecule has 2 aromatic heterocycles. The highest BCUT2D eigenvalue weighted by Gasteiger charge is 2.21. The molecule has 0 radical (unpaired) electrons. The third-order valence-corrected chi connectivity index (χ3v) is 4.06. The minimum Gasteiger partial charge on any atom is -0.468 e. The summed E-state index contributed by atoms with van der Waals surface area (Å²) >= 11 is 0. The second kappa shape index (κ2) is 6.49. The Kier molecular flexibility index (Phi) is 4.40. The van der Waals surface area contributed by atoms with Crippen LogP contribution in [0.15, 0.2) is 45.4 Å². The maximum absolute atomic E-state index is 13.4. The van der Waals surface area contributed by atoms with Gasteiger partial charge in [-0.05, 0) is 51.4 Å². The first-order chi connectivity index (χ1) is 11.5. The van der Waals surface area contributed by atoms with Gasteiger partial charge in [-0.3, -0.25) is 9.69 Å². The molecule has 1 aromatic carbocycles. The molecule has 2 heterocycles. The van der Waals surface area contributed by atoms with Crippen molar-refractivity contribution >= 4 is 16.9 Å². The Balaban J connectivity index is 1.79. The van der Waals surface area contributed by atoms with Crippen molar-refractivity contribution in [2.24, 2.45) is 0 Å². The first kappa shape index (κ1) is 16.3. The minimum atomic E-state index is -0.358. The quantitative estimate of drug-likeness (QED) is 0.778. The molecule has 1 atom stereocenters. The van der Waals surface area contributed by atoms with Gasteiger partial charge < -0.3 is 14.2 Å². The fourth-order valence-corrected chi connectivity index (χ4v) is 2.70. The van der Waals surface area contributed by atoms with E-state index in [0.29, 0.717) is 23.1 Å². The number of amides is 1. The Morgan fingerprint density at radius 1 is 1.33 bits per heavy atom. The zero-order chi connectivity index (χ0) is 17.3. The van der Waals surface area contributed by atoms with Gasteiger partial charge in [0.1, 0.15) is 17.2 Å². The lowest BCUT2D eigenvalue weighted by Gasteiger charge is -2.22. The third kappa shape index (κ3) is 3.05. The SMILES string of the molecule is Cc1c(C(=O)NCC(c2ccco2)N(C)C)oc2ccc(F)cc12. The van der Waals surface area contributed by atoms with Crippen molar-refractivity contribution in [1.29, 1.82) is 0 Å². The fourth-order valence-electron chi connectivity index (χ4n) is 2.70. The van der Waals surface area contributed by atoms with Crippen LogP contribution in [-0.4, -0.2) is 31.4 Å². The summed E-state index contributed by atoms with van der Waals surface area (Å²) in [4.78, 5) is 14.4. The van der Waals surface area contributed by atoms with Gasteiger partial charge in [0.15, 0.2) is 5.76 Å². The van der Waals surface area contributed by atoms with Crippen LogP contribution < -0.4 is 5.32 Å². The molecule has 0 bridgehead atoms. The molecule has 3 rings (SSSR count). The Morgan fingerprint density at radius 3 is 2.79 bits per heavy atom. The molecule has 0 aliphatic carbocycles. The maximum Gasteiger partial charge on any atom is 0.287 e. The predicted molar refractivity (Wildman–Crippen MR) is 88.4 cm³/mol. The fraction of sp³-hybridized carbons (Fsp3) is 0.278. The smallest absolute Gasteiger partial charge is 0.287 e. The second-order valence-electron chi connectivity index (χ2n) is 5.90. The van der Waals surface area contributed by atoms with E-state index in [1.54, 1.807) is 13.2 Å². The number of benzene rings is 1. The van der Waals surface area contributed by atoms with Crippen molar-refractivity contribution in [2.45, 2.75) is 13.0 Å². The van der Waals surface area contributed by atoms with Crippen molar-refractivity contribution < 1.29 is 18.0 Å². The number of rotatable bonds is 5. The number of carbonyl (C=O) groups excluding carboxylic acids is 1. The lowest BCUT2D eigenvalue weighted by molar-refractivity contribution is 0.0912. The summed E-state index contributed by atoms with van der Waals surface area (Å²) in [6.45, 7) is 2.11. The minimum absolute atomic E-state index is 0.0916. The number of hydrogen-bond donors (Lipinski definition) is 1. The van der Waals surface area contributed by atoms with Crippen LogP contribution in [0.5, 0.6) is 0 Å². The molecule has 6 heteroatoms. The molecule has 3 aromatic rings. The monoisotopic (exact) mass is 330 g/mol. The topological polar surface area (TPSA) is 58.6 Å². The van der Waals surface area contributed by atoms with E-state index in [1.165, 1.54) is 18.2 Å². The van der Waals surface area contributed by atoms with Crippen LogP contribution in [0.3, 0.4) is 0 Å². The molecule has 1 N–H and O–H groups in total. The van der Waals surface area contributed by atoms with Crippen LogP contribution in [-0.2, 0) is 0 Å². The summed E-state index contributed by atoms with van der Waals surface area (Å²) in [5.74, 6) is 0.280. The van der Waals surface area contributed by atoms with E-state index in [2.05, 4.69) is 5.32 Å². The molecule has 0 saturated carbocycles. The summed E-state index contributed by atoms with van der Waals surface area (Å²) in [7, 11) is 3.82. The number of nitrogens with zero attached hydrogens (tertiary/aromatic N) is 1. The number of furan rings is 2. The van der Waals surface area contributed by atoms with Crippen LogP contribution in [0.1, 0.15) is 27.9 Å². The van der Waals surface area contributed by atoms with Crippen LogP contribution in [0.2, 0.25) is 0 Å². The average Bonchev–Trinajstić information content (AvgIpc) is 3.16. The van der Waals surface area contributed by atoms with Crippen molar-refractivity contribution in [3.8, 4) is 0 Å². The first-order valence-electron chi connectivity index (χ1n) is 7.64. The molecule has 1 amide bonds. The van der Waals surface area contributed by atoms with Gasteiger partial charge in [-0.2, -0.15) is 0 Å². The van der Waals surface area contributed by atoms with Crippen molar-refractivity contribution in [3.05, 3.63) is 59.5 Å². The third-order valence-electron chi connectivity index (χ3n) is 4.06. The van der Waals surface area contributed by atoms with Gasteiger partial charge in [0.25, 0.3) is 5.91 Å². The molecule has 0 aliphatic rings. The molecule has 0 saturated heterocycles. The molecule has 24 heavy (non-hydrogen) atoms. The number of likely N-dealkylation sites (N-methyl/N-ethyl adjacent to an activating group) is 1. The lowest BCUT2D eigenvalue weighted by atomic mass is 10.1.